The SMILES string of the molecule is Cc1ccc(NC(=O)c2ccc(Br)cc2C)c(N)c1. The first-order chi connectivity index (χ1) is 8.97. The number of rotatable bonds is 2. The van der Waals surface area contributed by atoms with Crippen molar-refractivity contribution < 1.29 is 4.79 Å². The van der Waals surface area contributed by atoms with Crippen LogP contribution in [0, 0.1) is 13.8 Å². The third-order valence-electron chi connectivity index (χ3n) is 2.89. The van der Waals surface area contributed by atoms with Gasteiger partial charge in [0.1, 0.15) is 0 Å². The largest absolute Gasteiger partial charge is 0.397 e. The summed E-state index contributed by atoms with van der Waals surface area (Å²) in [6.45, 7) is 3.86. The fraction of sp³-hybridized carbons (Fsp3) is 0.133. The standard InChI is InChI=1S/C15H15BrN2O/c1-9-3-6-14(13(17)7-9)18-15(19)12-5-4-11(16)8-10(12)2/h3-8H,17H2,1-2H3,(H,18,19). The number of halogens is 1. The normalized spacial score (nSPS) is 10.3. The molecule has 0 radical (unpaired) electrons. The van der Waals surface area contributed by atoms with Gasteiger partial charge in [-0.05, 0) is 55.3 Å². The third-order valence-corrected chi connectivity index (χ3v) is 3.38. The van der Waals surface area contributed by atoms with Crippen molar-refractivity contribution in [2.45, 2.75) is 13.8 Å². The summed E-state index contributed by atoms with van der Waals surface area (Å²) in [6, 6.07) is 11.1. The van der Waals surface area contributed by atoms with Gasteiger partial charge in [-0.25, -0.2) is 0 Å². The minimum absolute atomic E-state index is 0.152. The van der Waals surface area contributed by atoms with Gasteiger partial charge in [0, 0.05) is 10.0 Å². The van der Waals surface area contributed by atoms with Crippen LogP contribution in [-0.2, 0) is 0 Å². The van der Waals surface area contributed by atoms with E-state index in [2.05, 4.69) is 21.2 Å². The Kier molecular flexibility index (Phi) is 3.90. The number of benzene rings is 2. The molecule has 0 unspecified atom stereocenters. The number of carbonyl (C=O) groups excluding carboxylic acids is 1. The second-order valence-corrected chi connectivity index (χ2v) is 5.42. The van der Waals surface area contributed by atoms with E-state index in [4.69, 9.17) is 5.73 Å². The molecule has 3 nitrogen and oxygen atoms in total. The lowest BCUT2D eigenvalue weighted by Gasteiger charge is -2.10. The Hall–Kier alpha value is -1.81. The predicted octanol–water partition coefficient (Wildman–Crippen LogP) is 3.90. The molecule has 4 heteroatoms. The maximum absolute atomic E-state index is 12.2. The van der Waals surface area contributed by atoms with Crippen LogP contribution in [0.3, 0.4) is 0 Å². The minimum Gasteiger partial charge on any atom is -0.397 e. The third kappa shape index (κ3) is 3.15. The van der Waals surface area contributed by atoms with Crippen molar-refractivity contribution in [2.24, 2.45) is 0 Å². The van der Waals surface area contributed by atoms with Crippen molar-refractivity contribution in [1.82, 2.24) is 0 Å². The summed E-state index contributed by atoms with van der Waals surface area (Å²) < 4.78 is 0.955. The number of hydrogen-bond acceptors (Lipinski definition) is 2. The Labute approximate surface area is 121 Å². The van der Waals surface area contributed by atoms with Crippen molar-refractivity contribution in [3.63, 3.8) is 0 Å². The zero-order valence-corrected chi connectivity index (χ0v) is 12.4. The van der Waals surface area contributed by atoms with E-state index in [0.29, 0.717) is 16.9 Å². The molecule has 2 aromatic rings. The fourth-order valence-electron chi connectivity index (χ4n) is 1.87. The van der Waals surface area contributed by atoms with Crippen LogP contribution in [-0.4, -0.2) is 5.91 Å². The van der Waals surface area contributed by atoms with E-state index in [1.165, 1.54) is 0 Å². The highest BCUT2D eigenvalue weighted by atomic mass is 79.9. The monoisotopic (exact) mass is 318 g/mol. The molecule has 98 valence electrons. The highest BCUT2D eigenvalue weighted by molar-refractivity contribution is 9.10. The summed E-state index contributed by atoms with van der Waals surface area (Å²) >= 11 is 3.38. The number of carbonyl (C=O) groups is 1. The molecule has 0 spiro atoms. The van der Waals surface area contributed by atoms with Gasteiger partial charge in [-0.3, -0.25) is 4.79 Å². The Balaban J connectivity index is 2.25. The quantitative estimate of drug-likeness (QED) is 0.825. The average Bonchev–Trinajstić information content (AvgIpc) is 2.32. The van der Waals surface area contributed by atoms with Gasteiger partial charge in [0.15, 0.2) is 0 Å². The van der Waals surface area contributed by atoms with Gasteiger partial charge < -0.3 is 11.1 Å². The zero-order valence-electron chi connectivity index (χ0n) is 10.8. The van der Waals surface area contributed by atoms with Gasteiger partial charge >= 0.3 is 0 Å². The lowest BCUT2D eigenvalue weighted by atomic mass is 10.1. The summed E-state index contributed by atoms with van der Waals surface area (Å²) in [5.41, 5.74) is 9.72. The van der Waals surface area contributed by atoms with Crippen LogP contribution < -0.4 is 11.1 Å². The molecule has 0 aliphatic carbocycles. The Morgan fingerprint density at radius 3 is 2.53 bits per heavy atom. The van der Waals surface area contributed by atoms with Gasteiger partial charge in [0.2, 0.25) is 0 Å². The summed E-state index contributed by atoms with van der Waals surface area (Å²) in [5, 5.41) is 2.83. The molecule has 0 saturated carbocycles. The molecule has 2 rings (SSSR count). The van der Waals surface area contributed by atoms with E-state index in [9.17, 15) is 4.79 Å². The Morgan fingerprint density at radius 2 is 1.89 bits per heavy atom. The van der Waals surface area contributed by atoms with Gasteiger partial charge in [-0.1, -0.05) is 22.0 Å². The zero-order chi connectivity index (χ0) is 14.0. The van der Waals surface area contributed by atoms with Crippen LogP contribution in [0.2, 0.25) is 0 Å². The van der Waals surface area contributed by atoms with Crippen molar-refractivity contribution in [3.8, 4) is 0 Å². The van der Waals surface area contributed by atoms with Crippen LogP contribution >= 0.6 is 15.9 Å². The van der Waals surface area contributed by atoms with E-state index >= 15 is 0 Å². The van der Waals surface area contributed by atoms with E-state index in [-0.39, 0.29) is 5.91 Å². The highest BCUT2D eigenvalue weighted by Crippen LogP contribution is 2.22. The Morgan fingerprint density at radius 1 is 1.16 bits per heavy atom. The summed E-state index contributed by atoms with van der Waals surface area (Å²) in [5.74, 6) is -0.152. The second kappa shape index (κ2) is 5.45. The molecule has 0 bridgehead atoms. The number of nitrogen functional groups attached to an aromatic ring is 1. The van der Waals surface area contributed by atoms with Crippen LogP contribution in [0.1, 0.15) is 21.5 Å². The van der Waals surface area contributed by atoms with Crippen LogP contribution in [0.15, 0.2) is 40.9 Å². The lowest BCUT2D eigenvalue weighted by molar-refractivity contribution is 0.102. The molecule has 3 N–H and O–H groups in total. The minimum atomic E-state index is -0.152. The van der Waals surface area contributed by atoms with Gasteiger partial charge in [0.05, 0.1) is 11.4 Å². The lowest BCUT2D eigenvalue weighted by Crippen LogP contribution is -2.14. The number of amides is 1. The molecular weight excluding hydrogens is 304 g/mol. The molecule has 0 saturated heterocycles. The maximum Gasteiger partial charge on any atom is 0.255 e. The first-order valence-corrected chi connectivity index (χ1v) is 6.70. The van der Waals surface area contributed by atoms with Crippen LogP contribution in [0.5, 0.6) is 0 Å². The number of anilines is 2. The number of nitrogens with two attached hydrogens (primary N) is 1. The molecule has 19 heavy (non-hydrogen) atoms. The highest BCUT2D eigenvalue weighted by Gasteiger charge is 2.10. The van der Waals surface area contributed by atoms with Crippen LogP contribution in [0.4, 0.5) is 11.4 Å². The van der Waals surface area contributed by atoms with Crippen molar-refractivity contribution in [1.29, 1.82) is 0 Å². The Bertz CT molecular complexity index is 638. The first kappa shape index (κ1) is 13.6. The van der Waals surface area contributed by atoms with Gasteiger partial charge in [-0.2, -0.15) is 0 Å². The summed E-state index contributed by atoms with van der Waals surface area (Å²) in [4.78, 5) is 12.2. The summed E-state index contributed by atoms with van der Waals surface area (Å²) in [7, 11) is 0. The predicted molar refractivity (Wildman–Crippen MR) is 82.4 cm³/mol. The number of hydrogen-bond donors (Lipinski definition) is 2. The van der Waals surface area contributed by atoms with Gasteiger partial charge in [0.25, 0.3) is 5.91 Å². The fourth-order valence-corrected chi connectivity index (χ4v) is 2.34. The van der Waals surface area contributed by atoms with Crippen molar-refractivity contribution in [3.05, 3.63) is 57.6 Å². The molecule has 0 aliphatic heterocycles. The van der Waals surface area contributed by atoms with Gasteiger partial charge in [-0.15, -0.1) is 0 Å². The molecule has 0 atom stereocenters. The van der Waals surface area contributed by atoms with Crippen LogP contribution in [0.25, 0.3) is 0 Å². The van der Waals surface area contributed by atoms with Crippen molar-refractivity contribution >= 4 is 33.2 Å². The topological polar surface area (TPSA) is 55.1 Å². The van der Waals surface area contributed by atoms with E-state index in [1.54, 1.807) is 6.07 Å². The smallest absolute Gasteiger partial charge is 0.255 e. The molecule has 2 aromatic carbocycles. The molecule has 0 heterocycles. The number of nitrogens with one attached hydrogen (secondary N) is 1. The number of aryl methyl sites for hydroxylation is 2. The molecular formula is C15H15BrN2O. The van der Waals surface area contributed by atoms with E-state index in [0.717, 1.165) is 15.6 Å². The first-order valence-electron chi connectivity index (χ1n) is 5.91. The van der Waals surface area contributed by atoms with E-state index in [1.807, 2.05) is 44.2 Å². The second-order valence-electron chi connectivity index (χ2n) is 4.50. The summed E-state index contributed by atoms with van der Waals surface area (Å²) in [6.07, 6.45) is 0. The van der Waals surface area contributed by atoms with Crippen molar-refractivity contribution in [2.75, 3.05) is 11.1 Å². The molecule has 1 amide bonds. The molecule has 0 aliphatic rings. The maximum atomic E-state index is 12.2. The average molecular weight is 319 g/mol. The molecule has 0 aromatic heterocycles. The van der Waals surface area contributed by atoms with E-state index < -0.39 is 0 Å². The molecule has 0 fully saturated rings.